The van der Waals surface area contributed by atoms with Gasteiger partial charge in [0, 0.05) is 37.1 Å². The summed E-state index contributed by atoms with van der Waals surface area (Å²) >= 11 is 0. The lowest BCUT2D eigenvalue weighted by molar-refractivity contribution is -0.123. The Morgan fingerprint density at radius 3 is 2.86 bits per heavy atom. The van der Waals surface area contributed by atoms with Gasteiger partial charge in [-0.05, 0) is 54.3 Å². The van der Waals surface area contributed by atoms with Gasteiger partial charge in [0.05, 0.1) is 12.1 Å². The molecule has 4 rings (SSSR count). The summed E-state index contributed by atoms with van der Waals surface area (Å²) in [4.78, 5) is 13.8. The van der Waals surface area contributed by atoms with E-state index in [1.54, 1.807) is 0 Å². The van der Waals surface area contributed by atoms with Gasteiger partial charge in [0.15, 0.2) is 0 Å². The molecular weight excluding hydrogens is 362 g/mol. The van der Waals surface area contributed by atoms with E-state index in [1.165, 1.54) is 11.1 Å². The highest BCUT2D eigenvalue weighted by Gasteiger charge is 2.23. The molecule has 2 aromatic carbocycles. The Morgan fingerprint density at radius 1 is 1.17 bits per heavy atom. The molecular formula is C23H27N5O. The number of anilines is 1. The van der Waals surface area contributed by atoms with Gasteiger partial charge < -0.3 is 11.1 Å². The van der Waals surface area contributed by atoms with Crippen molar-refractivity contribution in [3.63, 3.8) is 0 Å². The summed E-state index contributed by atoms with van der Waals surface area (Å²) in [5, 5.41) is 10.4. The number of carbonyl (C=O) groups excluding carboxylic acids is 1. The number of aromatic amines is 1. The first kappa shape index (κ1) is 19.2. The highest BCUT2D eigenvalue weighted by Crippen LogP contribution is 2.21. The fourth-order valence-corrected chi connectivity index (χ4v) is 3.94. The Labute approximate surface area is 171 Å². The minimum atomic E-state index is -0.178. The summed E-state index contributed by atoms with van der Waals surface area (Å²) in [5.74, 6) is -0.199. The number of rotatable bonds is 7. The molecule has 2 heterocycles. The maximum Gasteiger partial charge on any atom is 0.221 e. The van der Waals surface area contributed by atoms with Crippen LogP contribution in [0.25, 0.3) is 11.1 Å². The quantitative estimate of drug-likeness (QED) is 0.578. The van der Waals surface area contributed by atoms with Crippen LogP contribution in [-0.2, 0) is 17.9 Å². The number of carbonyl (C=O) groups is 1. The second-order valence-electron chi connectivity index (χ2n) is 7.72. The zero-order valence-corrected chi connectivity index (χ0v) is 16.5. The second-order valence-corrected chi connectivity index (χ2v) is 7.72. The van der Waals surface area contributed by atoms with E-state index in [-0.39, 0.29) is 11.8 Å². The number of piperidine rings is 1. The zero-order chi connectivity index (χ0) is 20.1. The van der Waals surface area contributed by atoms with Crippen LogP contribution >= 0.6 is 0 Å². The summed E-state index contributed by atoms with van der Waals surface area (Å²) in [6.45, 7) is 3.37. The molecule has 29 heavy (non-hydrogen) atoms. The van der Waals surface area contributed by atoms with Gasteiger partial charge in [0.2, 0.25) is 5.91 Å². The number of benzene rings is 2. The van der Waals surface area contributed by atoms with Crippen LogP contribution in [0.1, 0.15) is 24.0 Å². The SMILES string of the molecule is NC(=O)C1CCCN(Cc2cccc(NCc3cccc(-c4cn[nH]c4)c3)c2)C1. The van der Waals surface area contributed by atoms with Crippen LogP contribution in [-0.4, -0.2) is 34.1 Å². The summed E-state index contributed by atoms with van der Waals surface area (Å²) in [6, 6.07) is 17.0. The molecule has 1 fully saturated rings. The van der Waals surface area contributed by atoms with Gasteiger partial charge in [-0.25, -0.2) is 0 Å². The Kier molecular flexibility index (Phi) is 5.91. The van der Waals surface area contributed by atoms with Crippen LogP contribution in [0.2, 0.25) is 0 Å². The van der Waals surface area contributed by atoms with Gasteiger partial charge in [-0.15, -0.1) is 0 Å². The third-order valence-corrected chi connectivity index (χ3v) is 5.50. The molecule has 0 spiro atoms. The molecule has 3 aromatic rings. The number of aromatic nitrogens is 2. The summed E-state index contributed by atoms with van der Waals surface area (Å²) < 4.78 is 0. The van der Waals surface area contributed by atoms with Crippen molar-refractivity contribution in [2.24, 2.45) is 11.7 Å². The zero-order valence-electron chi connectivity index (χ0n) is 16.5. The Bertz CT molecular complexity index is 953. The van der Waals surface area contributed by atoms with Gasteiger partial charge in [-0.2, -0.15) is 5.10 Å². The lowest BCUT2D eigenvalue weighted by Gasteiger charge is -2.31. The van der Waals surface area contributed by atoms with E-state index in [9.17, 15) is 4.79 Å². The summed E-state index contributed by atoms with van der Waals surface area (Å²) in [6.07, 6.45) is 5.67. The van der Waals surface area contributed by atoms with Crippen LogP contribution in [0.15, 0.2) is 60.9 Å². The van der Waals surface area contributed by atoms with Crippen molar-refractivity contribution in [3.05, 3.63) is 72.1 Å². The molecule has 1 aliphatic rings. The molecule has 4 N–H and O–H groups in total. The van der Waals surface area contributed by atoms with Gasteiger partial charge in [-0.3, -0.25) is 14.8 Å². The van der Waals surface area contributed by atoms with Gasteiger partial charge in [0.25, 0.3) is 0 Å². The lowest BCUT2D eigenvalue weighted by atomic mass is 9.97. The molecule has 150 valence electrons. The van der Waals surface area contributed by atoms with Crippen molar-refractivity contribution in [1.29, 1.82) is 0 Å². The third kappa shape index (κ3) is 5.03. The monoisotopic (exact) mass is 389 g/mol. The summed E-state index contributed by atoms with van der Waals surface area (Å²) in [5.41, 5.74) is 11.3. The van der Waals surface area contributed by atoms with Crippen molar-refractivity contribution in [2.75, 3.05) is 18.4 Å². The van der Waals surface area contributed by atoms with Crippen molar-refractivity contribution in [1.82, 2.24) is 15.1 Å². The smallest absolute Gasteiger partial charge is 0.221 e. The fourth-order valence-electron chi connectivity index (χ4n) is 3.94. The average molecular weight is 390 g/mol. The molecule has 0 radical (unpaired) electrons. The first-order chi connectivity index (χ1) is 14.2. The van der Waals surface area contributed by atoms with E-state index in [2.05, 4.69) is 68.9 Å². The van der Waals surface area contributed by atoms with Crippen LogP contribution in [0.5, 0.6) is 0 Å². The number of H-pyrrole nitrogens is 1. The number of hydrogen-bond acceptors (Lipinski definition) is 4. The van der Waals surface area contributed by atoms with E-state index in [1.807, 2.05) is 12.4 Å². The van der Waals surface area contributed by atoms with Gasteiger partial charge >= 0.3 is 0 Å². The van der Waals surface area contributed by atoms with E-state index >= 15 is 0 Å². The topological polar surface area (TPSA) is 87.0 Å². The molecule has 1 saturated heterocycles. The van der Waals surface area contributed by atoms with Crippen molar-refractivity contribution >= 4 is 11.6 Å². The van der Waals surface area contributed by atoms with E-state index in [4.69, 9.17) is 5.73 Å². The van der Waals surface area contributed by atoms with Crippen molar-refractivity contribution < 1.29 is 4.79 Å². The normalized spacial score (nSPS) is 17.2. The van der Waals surface area contributed by atoms with Crippen molar-refractivity contribution in [3.8, 4) is 11.1 Å². The Balaban J connectivity index is 1.37. The van der Waals surface area contributed by atoms with E-state index < -0.39 is 0 Å². The van der Waals surface area contributed by atoms with Crippen LogP contribution in [0, 0.1) is 5.92 Å². The first-order valence-electron chi connectivity index (χ1n) is 10.1. The Hall–Kier alpha value is -3.12. The molecule has 0 saturated carbocycles. The average Bonchev–Trinajstić information content (AvgIpc) is 3.28. The van der Waals surface area contributed by atoms with Crippen LogP contribution in [0.4, 0.5) is 5.69 Å². The minimum absolute atomic E-state index is 0.0208. The molecule has 1 unspecified atom stereocenters. The molecule has 6 nitrogen and oxygen atoms in total. The number of hydrogen-bond donors (Lipinski definition) is 3. The number of primary amides is 1. The van der Waals surface area contributed by atoms with Crippen molar-refractivity contribution in [2.45, 2.75) is 25.9 Å². The highest BCUT2D eigenvalue weighted by molar-refractivity contribution is 5.76. The number of nitrogens with two attached hydrogens (primary N) is 1. The number of nitrogens with zero attached hydrogens (tertiary/aromatic N) is 2. The lowest BCUT2D eigenvalue weighted by Crippen LogP contribution is -2.40. The minimum Gasteiger partial charge on any atom is -0.381 e. The molecule has 1 atom stereocenters. The fraction of sp³-hybridized carbons (Fsp3) is 0.304. The van der Waals surface area contributed by atoms with Crippen LogP contribution < -0.4 is 11.1 Å². The number of amides is 1. The van der Waals surface area contributed by atoms with Gasteiger partial charge in [-0.1, -0.05) is 30.3 Å². The highest BCUT2D eigenvalue weighted by atomic mass is 16.1. The second kappa shape index (κ2) is 8.92. The van der Waals surface area contributed by atoms with Crippen LogP contribution in [0.3, 0.4) is 0 Å². The molecule has 0 aliphatic carbocycles. The van der Waals surface area contributed by atoms with E-state index in [0.717, 1.165) is 55.8 Å². The summed E-state index contributed by atoms with van der Waals surface area (Å²) in [7, 11) is 0. The molecule has 0 bridgehead atoms. The third-order valence-electron chi connectivity index (χ3n) is 5.50. The maximum atomic E-state index is 11.5. The molecule has 1 amide bonds. The predicted molar refractivity (Wildman–Crippen MR) is 115 cm³/mol. The Morgan fingerprint density at radius 2 is 2.03 bits per heavy atom. The van der Waals surface area contributed by atoms with Gasteiger partial charge in [0.1, 0.15) is 0 Å². The number of likely N-dealkylation sites (tertiary alicyclic amines) is 1. The number of nitrogens with one attached hydrogen (secondary N) is 2. The largest absolute Gasteiger partial charge is 0.381 e. The predicted octanol–water partition coefficient (Wildman–Crippen LogP) is 3.39. The molecule has 1 aliphatic heterocycles. The standard InChI is InChI=1S/C23H27N5O/c24-23(29)20-7-3-9-28(16-20)15-18-5-2-8-22(11-18)25-12-17-4-1-6-19(10-17)21-13-26-27-14-21/h1-2,4-6,8,10-11,13-14,20,25H,3,7,9,12,15-16H2,(H2,24,29)(H,26,27). The molecule has 6 heteroatoms. The maximum absolute atomic E-state index is 11.5. The van der Waals surface area contributed by atoms with E-state index in [0.29, 0.717) is 0 Å². The molecule has 1 aromatic heterocycles. The first-order valence-corrected chi connectivity index (χ1v) is 10.1.